The average molecular weight is 235 g/mol. The average Bonchev–Trinajstić information content (AvgIpc) is 2.97. The molecule has 0 aliphatic heterocycles. The third kappa shape index (κ3) is 2.81. The summed E-state index contributed by atoms with van der Waals surface area (Å²) in [6.07, 6.45) is 8.81. The Bertz CT molecular complexity index is 290. The Labute approximate surface area is 105 Å². The standard InChI is InChI=1S/C14H25N3/c1-16-14(11-15)8-7-13(9-14)17(2)10-12-5-3-4-6-12/h12-13,16H,3-10H2,1-2H3. The van der Waals surface area contributed by atoms with Crippen LogP contribution in [0, 0.1) is 17.2 Å². The van der Waals surface area contributed by atoms with Crippen LogP contribution < -0.4 is 5.32 Å². The van der Waals surface area contributed by atoms with Crippen LogP contribution in [0.3, 0.4) is 0 Å². The molecular formula is C14H25N3. The Morgan fingerprint density at radius 1 is 1.35 bits per heavy atom. The predicted molar refractivity (Wildman–Crippen MR) is 69.6 cm³/mol. The number of nitrogens with one attached hydrogen (secondary N) is 1. The van der Waals surface area contributed by atoms with Crippen molar-refractivity contribution in [2.45, 2.75) is 56.5 Å². The fourth-order valence-electron chi connectivity index (χ4n) is 3.53. The summed E-state index contributed by atoms with van der Waals surface area (Å²) >= 11 is 0. The van der Waals surface area contributed by atoms with E-state index < -0.39 is 0 Å². The van der Waals surface area contributed by atoms with Crippen LogP contribution in [0.2, 0.25) is 0 Å². The highest BCUT2D eigenvalue weighted by molar-refractivity contribution is 5.12. The summed E-state index contributed by atoms with van der Waals surface area (Å²) in [7, 11) is 4.16. The topological polar surface area (TPSA) is 39.1 Å². The van der Waals surface area contributed by atoms with E-state index >= 15 is 0 Å². The van der Waals surface area contributed by atoms with Crippen LogP contribution in [0.1, 0.15) is 44.9 Å². The van der Waals surface area contributed by atoms with Crippen molar-refractivity contribution in [3.8, 4) is 6.07 Å². The number of hydrogen-bond donors (Lipinski definition) is 1. The molecule has 2 atom stereocenters. The van der Waals surface area contributed by atoms with Gasteiger partial charge in [-0.25, -0.2) is 0 Å². The molecule has 96 valence electrons. The fourth-order valence-corrected chi connectivity index (χ4v) is 3.53. The first-order valence-corrected chi connectivity index (χ1v) is 6.99. The second-order valence-corrected chi connectivity index (χ2v) is 5.93. The molecule has 0 amide bonds. The lowest BCUT2D eigenvalue weighted by molar-refractivity contribution is 0.203. The van der Waals surface area contributed by atoms with Crippen molar-refractivity contribution in [1.82, 2.24) is 10.2 Å². The van der Waals surface area contributed by atoms with Crippen molar-refractivity contribution in [3.05, 3.63) is 0 Å². The molecule has 0 bridgehead atoms. The minimum absolute atomic E-state index is 0.255. The Hall–Kier alpha value is -0.590. The van der Waals surface area contributed by atoms with Gasteiger partial charge in [-0.05, 0) is 52.1 Å². The summed E-state index contributed by atoms with van der Waals surface area (Å²) in [5.41, 5.74) is -0.255. The van der Waals surface area contributed by atoms with Gasteiger partial charge < -0.3 is 10.2 Å². The lowest BCUT2D eigenvalue weighted by atomic mass is 9.99. The Kier molecular flexibility index (Phi) is 4.06. The third-order valence-corrected chi connectivity index (χ3v) is 4.83. The zero-order valence-electron chi connectivity index (χ0n) is 11.2. The van der Waals surface area contributed by atoms with Crippen LogP contribution in [-0.4, -0.2) is 37.1 Å². The van der Waals surface area contributed by atoms with Crippen molar-refractivity contribution < 1.29 is 0 Å². The monoisotopic (exact) mass is 235 g/mol. The van der Waals surface area contributed by atoms with E-state index in [2.05, 4.69) is 23.3 Å². The minimum atomic E-state index is -0.255. The third-order valence-electron chi connectivity index (χ3n) is 4.83. The van der Waals surface area contributed by atoms with Gasteiger partial charge in [0.05, 0.1) is 6.07 Å². The normalized spacial score (nSPS) is 34.4. The summed E-state index contributed by atoms with van der Waals surface area (Å²) in [5, 5.41) is 12.5. The molecule has 2 aliphatic rings. The largest absolute Gasteiger partial charge is 0.303 e. The molecule has 3 nitrogen and oxygen atoms in total. The van der Waals surface area contributed by atoms with Crippen LogP contribution in [0.5, 0.6) is 0 Å². The maximum absolute atomic E-state index is 9.27. The van der Waals surface area contributed by atoms with Gasteiger partial charge in [0.2, 0.25) is 0 Å². The highest BCUT2D eigenvalue weighted by Gasteiger charge is 2.39. The predicted octanol–water partition coefficient (Wildman–Crippen LogP) is 2.14. The number of nitriles is 1. The van der Waals surface area contributed by atoms with Gasteiger partial charge in [0, 0.05) is 12.6 Å². The first-order valence-electron chi connectivity index (χ1n) is 6.99. The van der Waals surface area contributed by atoms with Gasteiger partial charge in [0.15, 0.2) is 0 Å². The summed E-state index contributed by atoms with van der Waals surface area (Å²) in [4.78, 5) is 2.51. The Morgan fingerprint density at radius 3 is 2.59 bits per heavy atom. The van der Waals surface area contributed by atoms with Gasteiger partial charge in [-0.1, -0.05) is 12.8 Å². The first kappa shape index (κ1) is 12.9. The van der Waals surface area contributed by atoms with Gasteiger partial charge in [0.25, 0.3) is 0 Å². The second kappa shape index (κ2) is 5.37. The molecule has 3 heteroatoms. The fraction of sp³-hybridized carbons (Fsp3) is 0.929. The van der Waals surface area contributed by atoms with Gasteiger partial charge in [-0.3, -0.25) is 0 Å². The molecule has 0 radical (unpaired) electrons. The highest BCUT2D eigenvalue weighted by Crippen LogP contribution is 2.33. The minimum Gasteiger partial charge on any atom is -0.303 e. The lowest BCUT2D eigenvalue weighted by Gasteiger charge is -2.28. The van der Waals surface area contributed by atoms with Crippen molar-refractivity contribution >= 4 is 0 Å². The molecule has 0 aromatic rings. The first-order chi connectivity index (χ1) is 8.19. The molecule has 0 saturated heterocycles. The zero-order valence-corrected chi connectivity index (χ0v) is 11.2. The van der Waals surface area contributed by atoms with Crippen LogP contribution in [0.15, 0.2) is 0 Å². The van der Waals surface area contributed by atoms with E-state index in [1.54, 1.807) is 0 Å². The quantitative estimate of drug-likeness (QED) is 0.811. The molecule has 2 unspecified atom stereocenters. The molecular weight excluding hydrogens is 210 g/mol. The van der Waals surface area contributed by atoms with Crippen molar-refractivity contribution in [3.63, 3.8) is 0 Å². The van der Waals surface area contributed by atoms with Crippen LogP contribution in [0.4, 0.5) is 0 Å². The van der Waals surface area contributed by atoms with E-state index in [1.807, 2.05) is 7.05 Å². The number of nitrogens with zero attached hydrogens (tertiary/aromatic N) is 2. The molecule has 0 spiro atoms. The van der Waals surface area contributed by atoms with E-state index in [4.69, 9.17) is 0 Å². The smallest absolute Gasteiger partial charge is 0.108 e. The van der Waals surface area contributed by atoms with Crippen LogP contribution in [0.25, 0.3) is 0 Å². The summed E-state index contributed by atoms with van der Waals surface area (Å²) in [6, 6.07) is 3.07. The molecule has 1 N–H and O–H groups in total. The van der Waals surface area contributed by atoms with Crippen LogP contribution >= 0.6 is 0 Å². The van der Waals surface area contributed by atoms with Gasteiger partial charge in [-0.15, -0.1) is 0 Å². The molecule has 2 rings (SSSR count). The summed E-state index contributed by atoms with van der Waals surface area (Å²) in [6.45, 7) is 1.23. The van der Waals surface area contributed by atoms with E-state index in [1.165, 1.54) is 32.2 Å². The summed E-state index contributed by atoms with van der Waals surface area (Å²) in [5.74, 6) is 0.909. The van der Waals surface area contributed by atoms with Crippen molar-refractivity contribution in [2.24, 2.45) is 5.92 Å². The van der Waals surface area contributed by atoms with Gasteiger partial charge >= 0.3 is 0 Å². The molecule has 2 fully saturated rings. The van der Waals surface area contributed by atoms with Crippen molar-refractivity contribution in [2.75, 3.05) is 20.6 Å². The molecule has 0 aromatic heterocycles. The Balaban J connectivity index is 1.85. The number of hydrogen-bond acceptors (Lipinski definition) is 3. The lowest BCUT2D eigenvalue weighted by Crippen LogP contribution is -2.41. The van der Waals surface area contributed by atoms with Gasteiger partial charge in [-0.2, -0.15) is 5.26 Å². The van der Waals surface area contributed by atoms with E-state index in [0.717, 1.165) is 25.2 Å². The summed E-state index contributed by atoms with van der Waals surface area (Å²) < 4.78 is 0. The zero-order chi connectivity index (χ0) is 12.3. The molecule has 17 heavy (non-hydrogen) atoms. The molecule has 2 aliphatic carbocycles. The SMILES string of the molecule is CNC1(C#N)CCC(N(C)CC2CCCC2)C1. The molecule has 0 aromatic carbocycles. The second-order valence-electron chi connectivity index (χ2n) is 5.93. The van der Waals surface area contributed by atoms with Gasteiger partial charge in [0.1, 0.15) is 5.54 Å². The highest BCUT2D eigenvalue weighted by atomic mass is 15.1. The maximum atomic E-state index is 9.27. The van der Waals surface area contributed by atoms with Crippen molar-refractivity contribution in [1.29, 1.82) is 5.26 Å². The van der Waals surface area contributed by atoms with E-state index in [9.17, 15) is 5.26 Å². The van der Waals surface area contributed by atoms with E-state index in [0.29, 0.717) is 6.04 Å². The Morgan fingerprint density at radius 2 is 2.06 bits per heavy atom. The maximum Gasteiger partial charge on any atom is 0.108 e. The molecule has 0 heterocycles. The van der Waals surface area contributed by atoms with E-state index in [-0.39, 0.29) is 5.54 Å². The molecule has 2 saturated carbocycles. The number of rotatable bonds is 4. The van der Waals surface area contributed by atoms with Crippen LogP contribution in [-0.2, 0) is 0 Å².